The maximum atomic E-state index is 12.2. The van der Waals surface area contributed by atoms with Crippen LogP contribution in [0.5, 0.6) is 11.5 Å². The first-order chi connectivity index (χ1) is 9.15. The summed E-state index contributed by atoms with van der Waals surface area (Å²) in [5.41, 5.74) is 1.13. The van der Waals surface area contributed by atoms with Gasteiger partial charge in [0.15, 0.2) is 11.5 Å². The molecule has 1 heterocycles. The van der Waals surface area contributed by atoms with E-state index >= 15 is 0 Å². The molecule has 19 heavy (non-hydrogen) atoms. The molecule has 102 valence electrons. The second-order valence-electron chi connectivity index (χ2n) is 4.35. The first-order valence-corrected chi connectivity index (χ1v) is 6.01. The van der Waals surface area contributed by atoms with Gasteiger partial charge in [0, 0.05) is 31.5 Å². The lowest BCUT2D eigenvalue weighted by molar-refractivity contribution is 0.0753. The normalized spacial score (nSPS) is 15.2. The molecule has 0 bridgehead atoms. The molecule has 1 aromatic rings. The van der Waals surface area contributed by atoms with Gasteiger partial charge in [-0.3, -0.25) is 4.79 Å². The van der Waals surface area contributed by atoms with Gasteiger partial charge >= 0.3 is 0 Å². The predicted octanol–water partition coefficient (Wildman–Crippen LogP) is 1.47. The monoisotopic (exact) mass is 264 g/mol. The summed E-state index contributed by atoms with van der Waals surface area (Å²) >= 11 is 0. The van der Waals surface area contributed by atoms with Gasteiger partial charge in [0.05, 0.1) is 12.8 Å². The molecule has 0 atom stereocenters. The lowest BCUT2D eigenvalue weighted by atomic mass is 10.1. The molecule has 0 aliphatic carbocycles. The van der Waals surface area contributed by atoms with E-state index in [4.69, 9.17) is 9.94 Å². The van der Waals surface area contributed by atoms with Crippen molar-refractivity contribution < 1.29 is 19.8 Å². The minimum absolute atomic E-state index is 0.0528. The van der Waals surface area contributed by atoms with E-state index in [9.17, 15) is 9.90 Å². The van der Waals surface area contributed by atoms with E-state index in [0.717, 1.165) is 0 Å². The number of hydrogen-bond donors (Lipinski definition) is 2. The van der Waals surface area contributed by atoms with Gasteiger partial charge < -0.3 is 20.0 Å². The number of nitrogens with zero attached hydrogens (tertiary/aromatic N) is 2. The SMILES string of the molecule is COc1ccc(C(=O)N2CCC(=NO)CC2)cc1O. The molecule has 6 heteroatoms. The van der Waals surface area contributed by atoms with E-state index in [1.165, 1.54) is 13.2 Å². The Morgan fingerprint density at radius 3 is 2.58 bits per heavy atom. The number of rotatable bonds is 2. The second kappa shape index (κ2) is 5.60. The molecule has 2 rings (SSSR count). The molecular formula is C13H16N2O4. The van der Waals surface area contributed by atoms with Crippen LogP contribution in [-0.4, -0.2) is 47.0 Å². The highest BCUT2D eigenvalue weighted by molar-refractivity contribution is 5.96. The third kappa shape index (κ3) is 2.78. The maximum Gasteiger partial charge on any atom is 0.254 e. The predicted molar refractivity (Wildman–Crippen MR) is 69.0 cm³/mol. The fourth-order valence-electron chi connectivity index (χ4n) is 2.07. The van der Waals surface area contributed by atoms with Crippen LogP contribution in [0.2, 0.25) is 0 Å². The zero-order valence-electron chi connectivity index (χ0n) is 10.7. The van der Waals surface area contributed by atoms with Gasteiger partial charge in [-0.1, -0.05) is 5.16 Å². The quantitative estimate of drug-likeness (QED) is 0.626. The summed E-state index contributed by atoms with van der Waals surface area (Å²) in [7, 11) is 1.46. The lowest BCUT2D eigenvalue weighted by Gasteiger charge is -2.27. The molecular weight excluding hydrogens is 248 g/mol. The Kier molecular flexibility index (Phi) is 3.89. The Labute approximate surface area is 110 Å². The molecule has 0 radical (unpaired) electrons. The Balaban J connectivity index is 2.10. The molecule has 0 saturated carbocycles. The highest BCUT2D eigenvalue weighted by Crippen LogP contribution is 2.27. The summed E-state index contributed by atoms with van der Waals surface area (Å²) < 4.78 is 4.94. The zero-order valence-corrected chi connectivity index (χ0v) is 10.7. The van der Waals surface area contributed by atoms with E-state index in [1.807, 2.05) is 0 Å². The number of ether oxygens (including phenoxy) is 1. The molecule has 1 saturated heterocycles. The highest BCUT2D eigenvalue weighted by atomic mass is 16.5. The van der Waals surface area contributed by atoms with Crippen LogP contribution < -0.4 is 4.74 Å². The molecule has 1 fully saturated rings. The number of phenols is 1. The molecule has 2 N–H and O–H groups in total. The number of phenolic OH excluding ortho intramolecular Hbond substituents is 1. The van der Waals surface area contributed by atoms with E-state index in [2.05, 4.69) is 5.16 Å². The van der Waals surface area contributed by atoms with Gasteiger partial charge in [-0.25, -0.2) is 0 Å². The van der Waals surface area contributed by atoms with Gasteiger partial charge in [0.25, 0.3) is 5.91 Å². The van der Waals surface area contributed by atoms with Crippen molar-refractivity contribution in [3.63, 3.8) is 0 Å². The Hall–Kier alpha value is -2.24. The standard InChI is InChI=1S/C13H16N2O4/c1-19-12-3-2-9(8-11(12)16)13(17)15-6-4-10(14-18)5-7-15/h2-3,8,16,18H,4-7H2,1H3. The van der Waals surface area contributed by atoms with E-state index in [-0.39, 0.29) is 11.7 Å². The number of piperidine rings is 1. The largest absolute Gasteiger partial charge is 0.504 e. The average molecular weight is 264 g/mol. The van der Waals surface area contributed by atoms with Crippen molar-refractivity contribution in [3.8, 4) is 11.5 Å². The van der Waals surface area contributed by atoms with Crippen molar-refractivity contribution in [3.05, 3.63) is 23.8 Å². The first kappa shape index (κ1) is 13.2. The third-order valence-corrected chi connectivity index (χ3v) is 3.20. The second-order valence-corrected chi connectivity index (χ2v) is 4.35. The Morgan fingerprint density at radius 2 is 2.05 bits per heavy atom. The number of carbonyl (C=O) groups excluding carboxylic acids is 1. The van der Waals surface area contributed by atoms with Crippen molar-refractivity contribution in [2.45, 2.75) is 12.8 Å². The minimum Gasteiger partial charge on any atom is -0.504 e. The molecule has 1 aliphatic rings. The molecule has 0 aromatic heterocycles. The number of benzene rings is 1. The summed E-state index contributed by atoms with van der Waals surface area (Å²) in [6.45, 7) is 1.04. The van der Waals surface area contributed by atoms with Gasteiger partial charge in [-0.2, -0.15) is 0 Å². The maximum absolute atomic E-state index is 12.2. The zero-order chi connectivity index (χ0) is 13.8. The highest BCUT2D eigenvalue weighted by Gasteiger charge is 2.22. The number of methoxy groups -OCH3 is 1. The molecule has 1 aromatic carbocycles. The van der Waals surface area contributed by atoms with Crippen LogP contribution in [-0.2, 0) is 0 Å². The summed E-state index contributed by atoms with van der Waals surface area (Å²) in [5, 5.41) is 21.5. The van der Waals surface area contributed by atoms with E-state index < -0.39 is 0 Å². The van der Waals surface area contributed by atoms with Crippen molar-refractivity contribution in [2.24, 2.45) is 5.16 Å². The third-order valence-electron chi connectivity index (χ3n) is 3.20. The van der Waals surface area contributed by atoms with Crippen molar-refractivity contribution >= 4 is 11.6 Å². The van der Waals surface area contributed by atoms with Crippen molar-refractivity contribution in [1.82, 2.24) is 4.90 Å². The smallest absolute Gasteiger partial charge is 0.254 e. The van der Waals surface area contributed by atoms with Crippen LogP contribution in [0.3, 0.4) is 0 Å². The van der Waals surface area contributed by atoms with Gasteiger partial charge in [0.1, 0.15) is 0 Å². The van der Waals surface area contributed by atoms with Gasteiger partial charge in [0.2, 0.25) is 0 Å². The Bertz CT molecular complexity index is 503. The molecule has 6 nitrogen and oxygen atoms in total. The molecule has 0 unspecified atom stereocenters. The van der Waals surface area contributed by atoms with Crippen LogP contribution in [0, 0.1) is 0 Å². The molecule has 1 amide bonds. The van der Waals surface area contributed by atoms with Gasteiger partial charge in [-0.15, -0.1) is 0 Å². The van der Waals surface area contributed by atoms with Crippen LogP contribution in [0.25, 0.3) is 0 Å². The Morgan fingerprint density at radius 1 is 1.37 bits per heavy atom. The fourth-order valence-corrected chi connectivity index (χ4v) is 2.07. The van der Waals surface area contributed by atoms with E-state index in [0.29, 0.717) is 43.0 Å². The average Bonchev–Trinajstić information content (AvgIpc) is 2.46. The van der Waals surface area contributed by atoms with Crippen molar-refractivity contribution in [1.29, 1.82) is 0 Å². The molecule has 0 spiro atoms. The molecule has 1 aliphatic heterocycles. The van der Waals surface area contributed by atoms with Crippen LogP contribution in [0.15, 0.2) is 23.4 Å². The fraction of sp³-hybridized carbons (Fsp3) is 0.385. The number of aromatic hydroxyl groups is 1. The number of carbonyl (C=O) groups is 1. The number of likely N-dealkylation sites (tertiary alicyclic amines) is 1. The summed E-state index contributed by atoms with van der Waals surface area (Å²) in [6, 6.07) is 4.58. The number of oxime groups is 1. The van der Waals surface area contributed by atoms with Crippen LogP contribution in [0.1, 0.15) is 23.2 Å². The number of amides is 1. The number of hydrogen-bond acceptors (Lipinski definition) is 5. The topological polar surface area (TPSA) is 82.4 Å². The first-order valence-electron chi connectivity index (χ1n) is 6.01. The van der Waals surface area contributed by atoms with Gasteiger partial charge in [-0.05, 0) is 18.2 Å². The van der Waals surface area contributed by atoms with Crippen molar-refractivity contribution in [2.75, 3.05) is 20.2 Å². The summed E-state index contributed by atoms with van der Waals surface area (Å²) in [4.78, 5) is 13.9. The minimum atomic E-state index is -0.144. The van der Waals surface area contributed by atoms with Crippen LogP contribution >= 0.6 is 0 Å². The summed E-state index contributed by atoms with van der Waals surface area (Å²) in [5.74, 6) is 0.141. The van der Waals surface area contributed by atoms with Crippen LogP contribution in [0.4, 0.5) is 0 Å². The lowest BCUT2D eigenvalue weighted by Crippen LogP contribution is -2.38. The summed E-state index contributed by atoms with van der Waals surface area (Å²) in [6.07, 6.45) is 1.15. The van der Waals surface area contributed by atoms with E-state index in [1.54, 1.807) is 17.0 Å².